The van der Waals surface area contributed by atoms with E-state index in [0.717, 1.165) is 10.8 Å². The molecule has 2 aromatic rings. The second kappa shape index (κ2) is 6.15. The number of nitrogens with zero attached hydrogens (tertiary/aromatic N) is 3. The summed E-state index contributed by atoms with van der Waals surface area (Å²) in [5, 5.41) is 13.5. The average molecular weight is 371 g/mol. The number of amides is 2. The molecule has 1 aromatic carbocycles. The molecule has 4 rings (SSSR count). The van der Waals surface area contributed by atoms with Crippen molar-refractivity contribution < 1.29 is 14.3 Å². The third-order valence-electron chi connectivity index (χ3n) is 4.68. The minimum atomic E-state index is -0.410. The zero-order chi connectivity index (χ0) is 18.4. The quantitative estimate of drug-likeness (QED) is 0.894. The van der Waals surface area contributed by atoms with Crippen molar-refractivity contribution in [1.82, 2.24) is 4.98 Å². The first kappa shape index (κ1) is 16.6. The molecule has 1 aliphatic heterocycles. The standard InChI is InChI=1S/C18H15ClN4O3/c1-9-8-26-18(25)23(9)12-2-10-4-16(21-7-14(10)15(19)5-12)22-17(24)13-3-11(13)6-20/h2,4-5,7,9,11,13H,3,8H2,1H3,(H,21,22,24)/t9-,11+,13-/m1/s1. The molecule has 1 saturated carbocycles. The number of anilines is 2. The number of fused-ring (bicyclic) bond motifs is 1. The van der Waals surface area contributed by atoms with Crippen LogP contribution < -0.4 is 10.2 Å². The third kappa shape index (κ3) is 2.82. The van der Waals surface area contributed by atoms with Crippen molar-refractivity contribution in [1.29, 1.82) is 5.26 Å². The molecule has 0 unspecified atom stereocenters. The van der Waals surface area contributed by atoms with E-state index in [-0.39, 0.29) is 23.8 Å². The summed E-state index contributed by atoms with van der Waals surface area (Å²) in [4.78, 5) is 29.8. The van der Waals surface area contributed by atoms with Gasteiger partial charge in [-0.3, -0.25) is 9.69 Å². The molecule has 2 amide bonds. The largest absolute Gasteiger partial charge is 0.447 e. The normalized spacial score (nSPS) is 24.3. The fraction of sp³-hybridized carbons (Fsp3) is 0.333. The Morgan fingerprint density at radius 1 is 1.46 bits per heavy atom. The highest BCUT2D eigenvalue weighted by molar-refractivity contribution is 6.36. The van der Waals surface area contributed by atoms with E-state index in [4.69, 9.17) is 21.6 Å². The lowest BCUT2D eigenvalue weighted by Gasteiger charge is -2.19. The maximum absolute atomic E-state index is 12.1. The molecule has 0 radical (unpaired) electrons. The van der Waals surface area contributed by atoms with Crippen LogP contribution >= 0.6 is 11.6 Å². The molecule has 132 valence electrons. The first-order valence-electron chi connectivity index (χ1n) is 8.23. The summed E-state index contributed by atoms with van der Waals surface area (Å²) < 4.78 is 5.06. The van der Waals surface area contributed by atoms with Gasteiger partial charge in [-0.15, -0.1) is 0 Å². The zero-order valence-electron chi connectivity index (χ0n) is 13.9. The van der Waals surface area contributed by atoms with E-state index in [1.807, 2.05) is 13.0 Å². The molecule has 2 heterocycles. The number of rotatable bonds is 3. The molecular formula is C18H15ClN4O3. The van der Waals surface area contributed by atoms with Gasteiger partial charge >= 0.3 is 6.09 Å². The average Bonchev–Trinajstić information content (AvgIpc) is 3.33. The molecule has 1 aromatic heterocycles. The van der Waals surface area contributed by atoms with Crippen molar-refractivity contribution in [3.8, 4) is 6.07 Å². The van der Waals surface area contributed by atoms with Gasteiger partial charge in [0.2, 0.25) is 5.91 Å². The van der Waals surface area contributed by atoms with Crippen LogP contribution in [0.4, 0.5) is 16.3 Å². The van der Waals surface area contributed by atoms with Gasteiger partial charge in [0.1, 0.15) is 12.4 Å². The number of hydrogen-bond acceptors (Lipinski definition) is 5. The highest BCUT2D eigenvalue weighted by atomic mass is 35.5. The predicted molar refractivity (Wildman–Crippen MR) is 95.9 cm³/mol. The van der Waals surface area contributed by atoms with Crippen LogP contribution in [0.15, 0.2) is 24.4 Å². The van der Waals surface area contributed by atoms with Gasteiger partial charge in [-0.1, -0.05) is 11.6 Å². The second-order valence-electron chi connectivity index (χ2n) is 6.58. The van der Waals surface area contributed by atoms with Gasteiger partial charge < -0.3 is 10.1 Å². The summed E-state index contributed by atoms with van der Waals surface area (Å²) in [7, 11) is 0. The smallest absolute Gasteiger partial charge is 0.414 e. The number of halogens is 1. The van der Waals surface area contributed by atoms with E-state index in [2.05, 4.69) is 16.4 Å². The maximum Gasteiger partial charge on any atom is 0.414 e. The van der Waals surface area contributed by atoms with Crippen molar-refractivity contribution in [2.75, 3.05) is 16.8 Å². The van der Waals surface area contributed by atoms with Crippen molar-refractivity contribution in [3.05, 3.63) is 29.4 Å². The van der Waals surface area contributed by atoms with Gasteiger partial charge in [-0.25, -0.2) is 9.78 Å². The third-order valence-corrected chi connectivity index (χ3v) is 4.99. The van der Waals surface area contributed by atoms with Gasteiger partial charge in [-0.05, 0) is 36.9 Å². The topological polar surface area (TPSA) is 95.3 Å². The van der Waals surface area contributed by atoms with Crippen LogP contribution in [0.5, 0.6) is 0 Å². The van der Waals surface area contributed by atoms with Crippen LogP contribution in [0.3, 0.4) is 0 Å². The van der Waals surface area contributed by atoms with Gasteiger partial charge in [-0.2, -0.15) is 5.26 Å². The number of hydrogen-bond donors (Lipinski definition) is 1. The molecule has 7 nitrogen and oxygen atoms in total. The summed E-state index contributed by atoms with van der Waals surface area (Å²) in [5.74, 6) is -0.300. The molecule has 1 aliphatic carbocycles. The summed E-state index contributed by atoms with van der Waals surface area (Å²) >= 11 is 6.35. The Labute approximate surface area is 154 Å². The van der Waals surface area contributed by atoms with Gasteiger partial charge in [0.25, 0.3) is 0 Å². The molecule has 1 N–H and O–H groups in total. The molecular weight excluding hydrogens is 356 g/mol. The van der Waals surface area contributed by atoms with Gasteiger partial charge in [0.15, 0.2) is 0 Å². The van der Waals surface area contributed by atoms with Crippen LogP contribution in [-0.2, 0) is 9.53 Å². The molecule has 2 fully saturated rings. The number of nitrogens with one attached hydrogen (secondary N) is 1. The number of aromatic nitrogens is 1. The number of pyridine rings is 1. The minimum absolute atomic E-state index is 0.0881. The SMILES string of the molecule is C[C@@H]1COC(=O)N1c1cc(Cl)c2cnc(NC(=O)[C@@H]3C[C@H]3C#N)cc2c1. The Balaban J connectivity index is 1.65. The Morgan fingerprint density at radius 2 is 2.27 bits per heavy atom. The van der Waals surface area contributed by atoms with E-state index < -0.39 is 6.09 Å². The lowest BCUT2D eigenvalue weighted by atomic mass is 10.1. The van der Waals surface area contributed by atoms with E-state index in [1.54, 1.807) is 23.2 Å². The Bertz CT molecular complexity index is 971. The summed E-state index contributed by atoms with van der Waals surface area (Å²) in [6.07, 6.45) is 1.75. The van der Waals surface area contributed by atoms with Crippen molar-refractivity contribution in [2.24, 2.45) is 11.8 Å². The molecule has 2 aliphatic rings. The maximum atomic E-state index is 12.1. The van der Waals surface area contributed by atoms with Crippen LogP contribution in [0.25, 0.3) is 10.8 Å². The molecule has 8 heteroatoms. The lowest BCUT2D eigenvalue weighted by Crippen LogP contribution is -2.30. The number of benzene rings is 1. The van der Waals surface area contributed by atoms with E-state index >= 15 is 0 Å². The van der Waals surface area contributed by atoms with Crippen molar-refractivity contribution in [2.45, 2.75) is 19.4 Å². The highest BCUT2D eigenvalue weighted by Gasteiger charge is 2.43. The Kier molecular flexibility index (Phi) is 3.93. The van der Waals surface area contributed by atoms with E-state index in [0.29, 0.717) is 29.6 Å². The summed E-state index contributed by atoms with van der Waals surface area (Å²) in [6, 6.07) is 7.23. The molecule has 26 heavy (non-hydrogen) atoms. The summed E-state index contributed by atoms with van der Waals surface area (Å²) in [6.45, 7) is 2.22. The van der Waals surface area contributed by atoms with Crippen molar-refractivity contribution >= 4 is 45.9 Å². The fourth-order valence-electron chi connectivity index (χ4n) is 3.13. The van der Waals surface area contributed by atoms with Crippen LogP contribution in [-0.4, -0.2) is 29.6 Å². The molecule has 1 saturated heterocycles. The van der Waals surface area contributed by atoms with Gasteiger partial charge in [0, 0.05) is 17.3 Å². The fourth-order valence-corrected chi connectivity index (χ4v) is 3.40. The Hall–Kier alpha value is -2.85. The van der Waals surface area contributed by atoms with E-state index in [9.17, 15) is 9.59 Å². The lowest BCUT2D eigenvalue weighted by molar-refractivity contribution is -0.117. The number of carbonyl (C=O) groups excluding carboxylic acids is 2. The number of cyclic esters (lactones) is 1. The number of nitriles is 1. The van der Waals surface area contributed by atoms with E-state index in [1.165, 1.54) is 0 Å². The van der Waals surface area contributed by atoms with Crippen LogP contribution in [0.2, 0.25) is 5.02 Å². The number of carbonyl (C=O) groups is 2. The van der Waals surface area contributed by atoms with Crippen LogP contribution in [0.1, 0.15) is 13.3 Å². The first-order valence-corrected chi connectivity index (χ1v) is 8.61. The summed E-state index contributed by atoms with van der Waals surface area (Å²) in [5.41, 5.74) is 0.632. The highest BCUT2D eigenvalue weighted by Crippen LogP contribution is 2.39. The second-order valence-corrected chi connectivity index (χ2v) is 6.99. The molecule has 0 bridgehead atoms. The first-order chi connectivity index (χ1) is 12.5. The predicted octanol–water partition coefficient (Wildman–Crippen LogP) is 3.33. The minimum Gasteiger partial charge on any atom is -0.447 e. The van der Waals surface area contributed by atoms with Crippen LogP contribution in [0, 0.1) is 23.2 Å². The molecule has 3 atom stereocenters. The monoisotopic (exact) mass is 370 g/mol. The zero-order valence-corrected chi connectivity index (χ0v) is 14.7. The van der Waals surface area contributed by atoms with Gasteiger partial charge in [0.05, 0.1) is 29.0 Å². The number of ether oxygens (including phenoxy) is 1. The molecule has 0 spiro atoms. The Morgan fingerprint density at radius 3 is 2.92 bits per heavy atom. The van der Waals surface area contributed by atoms with Crippen molar-refractivity contribution in [3.63, 3.8) is 0 Å².